The zero-order valence-corrected chi connectivity index (χ0v) is 10.2. The fraction of sp³-hybridized carbons (Fsp3) is 0.750. The Hall–Kier alpha value is -0.870. The monoisotopic (exact) mass is 223 g/mol. The summed E-state index contributed by atoms with van der Waals surface area (Å²) in [7, 11) is 1.76. The molecule has 1 aromatic rings. The molecule has 0 radical (unpaired) electrons. The first kappa shape index (κ1) is 11.6. The summed E-state index contributed by atoms with van der Waals surface area (Å²) < 4.78 is 7.23. The van der Waals surface area contributed by atoms with Crippen LogP contribution in [0.4, 0.5) is 0 Å². The Morgan fingerprint density at radius 1 is 1.44 bits per heavy atom. The van der Waals surface area contributed by atoms with Gasteiger partial charge in [-0.2, -0.15) is 5.10 Å². The molecule has 0 bridgehead atoms. The number of hydrogen-bond donors (Lipinski definition) is 0. The van der Waals surface area contributed by atoms with Crippen LogP contribution in [0, 0.1) is 6.92 Å². The van der Waals surface area contributed by atoms with Crippen LogP contribution in [0.3, 0.4) is 0 Å². The number of piperidine rings is 1. The average molecular weight is 223 g/mol. The van der Waals surface area contributed by atoms with Gasteiger partial charge in [-0.3, -0.25) is 4.68 Å². The second-order valence-corrected chi connectivity index (χ2v) is 4.56. The molecule has 16 heavy (non-hydrogen) atoms. The summed E-state index contributed by atoms with van der Waals surface area (Å²) in [5, 5.41) is 4.40. The number of methoxy groups -OCH3 is 1. The van der Waals surface area contributed by atoms with Crippen molar-refractivity contribution in [1.29, 1.82) is 0 Å². The lowest BCUT2D eigenvalue weighted by Crippen LogP contribution is -2.36. The highest BCUT2D eigenvalue weighted by atomic mass is 16.5. The van der Waals surface area contributed by atoms with Crippen LogP contribution in [-0.2, 0) is 4.74 Å². The minimum Gasteiger partial charge on any atom is -0.383 e. The van der Waals surface area contributed by atoms with Gasteiger partial charge in [0, 0.05) is 32.9 Å². The maximum absolute atomic E-state index is 5.10. The van der Waals surface area contributed by atoms with Crippen LogP contribution >= 0.6 is 0 Å². The standard InChI is InChI=1S/C12H21N3O/c1-11-9-13-15(10-11)12-3-5-14(6-4-12)7-8-16-2/h9-10,12H,3-8H2,1-2H3. The Labute approximate surface area is 97.2 Å². The number of rotatable bonds is 4. The number of aryl methyl sites for hydroxylation is 1. The van der Waals surface area contributed by atoms with Crippen molar-refractivity contribution in [3.05, 3.63) is 18.0 Å². The van der Waals surface area contributed by atoms with Crippen molar-refractivity contribution in [3.63, 3.8) is 0 Å². The molecular weight excluding hydrogens is 202 g/mol. The third-order valence-corrected chi connectivity index (χ3v) is 3.27. The lowest BCUT2D eigenvalue weighted by Gasteiger charge is -2.31. The number of ether oxygens (including phenoxy) is 1. The van der Waals surface area contributed by atoms with Gasteiger partial charge in [0.25, 0.3) is 0 Å². The summed E-state index contributed by atoms with van der Waals surface area (Å²) in [6.07, 6.45) is 6.49. The highest BCUT2D eigenvalue weighted by Gasteiger charge is 2.20. The third kappa shape index (κ3) is 2.83. The van der Waals surface area contributed by atoms with E-state index in [9.17, 15) is 0 Å². The Morgan fingerprint density at radius 2 is 2.19 bits per heavy atom. The zero-order valence-electron chi connectivity index (χ0n) is 10.2. The van der Waals surface area contributed by atoms with E-state index in [-0.39, 0.29) is 0 Å². The van der Waals surface area contributed by atoms with E-state index in [4.69, 9.17) is 4.74 Å². The number of aromatic nitrogens is 2. The van der Waals surface area contributed by atoms with Crippen molar-refractivity contribution in [2.75, 3.05) is 33.4 Å². The molecular formula is C12H21N3O. The molecule has 0 atom stereocenters. The Morgan fingerprint density at radius 3 is 2.75 bits per heavy atom. The van der Waals surface area contributed by atoms with Gasteiger partial charge >= 0.3 is 0 Å². The van der Waals surface area contributed by atoms with Crippen LogP contribution in [0.25, 0.3) is 0 Å². The van der Waals surface area contributed by atoms with Crippen molar-refractivity contribution in [2.45, 2.75) is 25.8 Å². The highest BCUT2D eigenvalue weighted by molar-refractivity contribution is 5.00. The molecule has 4 nitrogen and oxygen atoms in total. The topological polar surface area (TPSA) is 30.3 Å². The summed E-state index contributed by atoms with van der Waals surface area (Å²) in [6, 6.07) is 0.590. The number of likely N-dealkylation sites (tertiary alicyclic amines) is 1. The van der Waals surface area contributed by atoms with E-state index in [0.29, 0.717) is 6.04 Å². The maximum atomic E-state index is 5.10. The number of nitrogens with zero attached hydrogens (tertiary/aromatic N) is 3. The lowest BCUT2D eigenvalue weighted by molar-refractivity contribution is 0.119. The fourth-order valence-electron chi connectivity index (χ4n) is 2.26. The van der Waals surface area contributed by atoms with E-state index in [1.165, 1.54) is 18.4 Å². The molecule has 1 fully saturated rings. The Kier molecular flexibility index (Phi) is 3.96. The van der Waals surface area contributed by atoms with Gasteiger partial charge in [-0.25, -0.2) is 0 Å². The number of hydrogen-bond acceptors (Lipinski definition) is 3. The lowest BCUT2D eigenvalue weighted by atomic mass is 10.1. The molecule has 0 saturated carbocycles. The summed E-state index contributed by atoms with van der Waals surface area (Å²) in [4.78, 5) is 2.47. The Bertz CT molecular complexity index is 316. The van der Waals surface area contributed by atoms with Crippen LogP contribution in [0.1, 0.15) is 24.4 Å². The molecule has 0 unspecified atom stereocenters. The van der Waals surface area contributed by atoms with E-state index in [1.807, 2.05) is 6.20 Å². The first-order valence-electron chi connectivity index (χ1n) is 6.01. The highest BCUT2D eigenvalue weighted by Crippen LogP contribution is 2.21. The Balaban J connectivity index is 1.81. The van der Waals surface area contributed by atoms with E-state index in [2.05, 4.69) is 27.8 Å². The molecule has 1 aliphatic heterocycles. The average Bonchev–Trinajstić information content (AvgIpc) is 2.74. The van der Waals surface area contributed by atoms with Crippen molar-refractivity contribution in [3.8, 4) is 0 Å². The predicted molar refractivity (Wildman–Crippen MR) is 63.6 cm³/mol. The van der Waals surface area contributed by atoms with Gasteiger partial charge in [-0.05, 0) is 25.3 Å². The smallest absolute Gasteiger partial charge is 0.0589 e. The molecule has 0 aromatic carbocycles. The van der Waals surface area contributed by atoms with Crippen molar-refractivity contribution in [2.24, 2.45) is 0 Å². The molecule has 4 heteroatoms. The van der Waals surface area contributed by atoms with Gasteiger partial charge in [0.05, 0.1) is 18.8 Å². The summed E-state index contributed by atoms with van der Waals surface area (Å²) in [5.74, 6) is 0. The third-order valence-electron chi connectivity index (χ3n) is 3.27. The molecule has 0 amide bonds. The van der Waals surface area contributed by atoms with Crippen LogP contribution < -0.4 is 0 Å². The first-order chi connectivity index (χ1) is 7.79. The fourth-order valence-corrected chi connectivity index (χ4v) is 2.26. The van der Waals surface area contributed by atoms with E-state index in [1.54, 1.807) is 7.11 Å². The van der Waals surface area contributed by atoms with E-state index < -0.39 is 0 Å². The van der Waals surface area contributed by atoms with Crippen LogP contribution in [0.15, 0.2) is 12.4 Å². The molecule has 2 rings (SSSR count). The van der Waals surface area contributed by atoms with Crippen LogP contribution in [-0.4, -0.2) is 48.0 Å². The molecule has 90 valence electrons. The molecule has 0 spiro atoms. The SMILES string of the molecule is COCCN1CCC(n2cc(C)cn2)CC1. The second kappa shape index (κ2) is 5.46. The predicted octanol–water partition coefficient (Wildman–Crippen LogP) is 1.47. The molecule has 0 N–H and O–H groups in total. The van der Waals surface area contributed by atoms with Crippen LogP contribution in [0.5, 0.6) is 0 Å². The molecule has 1 aliphatic rings. The molecule has 1 aromatic heterocycles. The minimum absolute atomic E-state index is 0.590. The van der Waals surface area contributed by atoms with Crippen molar-refractivity contribution >= 4 is 0 Å². The van der Waals surface area contributed by atoms with Gasteiger partial charge < -0.3 is 9.64 Å². The summed E-state index contributed by atoms with van der Waals surface area (Å²) >= 11 is 0. The maximum Gasteiger partial charge on any atom is 0.0589 e. The summed E-state index contributed by atoms with van der Waals surface area (Å²) in [6.45, 7) is 6.31. The molecule has 1 saturated heterocycles. The quantitative estimate of drug-likeness (QED) is 0.774. The van der Waals surface area contributed by atoms with Gasteiger partial charge in [0.15, 0.2) is 0 Å². The molecule has 2 heterocycles. The van der Waals surface area contributed by atoms with E-state index >= 15 is 0 Å². The van der Waals surface area contributed by atoms with Crippen molar-refractivity contribution < 1.29 is 4.74 Å². The van der Waals surface area contributed by atoms with Gasteiger partial charge in [-0.1, -0.05) is 0 Å². The second-order valence-electron chi connectivity index (χ2n) is 4.56. The van der Waals surface area contributed by atoms with Crippen LogP contribution in [0.2, 0.25) is 0 Å². The minimum atomic E-state index is 0.590. The van der Waals surface area contributed by atoms with Gasteiger partial charge in [0.2, 0.25) is 0 Å². The van der Waals surface area contributed by atoms with Crippen molar-refractivity contribution in [1.82, 2.24) is 14.7 Å². The van der Waals surface area contributed by atoms with Gasteiger partial charge in [-0.15, -0.1) is 0 Å². The molecule has 0 aliphatic carbocycles. The first-order valence-corrected chi connectivity index (χ1v) is 6.01. The zero-order chi connectivity index (χ0) is 11.4. The van der Waals surface area contributed by atoms with Gasteiger partial charge in [0.1, 0.15) is 0 Å². The largest absolute Gasteiger partial charge is 0.383 e. The summed E-state index contributed by atoms with van der Waals surface area (Å²) in [5.41, 5.74) is 1.25. The van der Waals surface area contributed by atoms with E-state index in [0.717, 1.165) is 26.2 Å². The normalized spacial score (nSPS) is 19.1.